The van der Waals surface area contributed by atoms with E-state index < -0.39 is 32.5 Å². The number of nitrogens with zero attached hydrogens (tertiary/aromatic N) is 1. The highest BCUT2D eigenvalue weighted by Gasteiger charge is 2.27. The van der Waals surface area contributed by atoms with Gasteiger partial charge in [-0.15, -0.1) is 0 Å². The Labute approximate surface area is 439 Å². The molecule has 0 aliphatic heterocycles. The van der Waals surface area contributed by atoms with Crippen molar-refractivity contribution >= 4 is 19.8 Å². The van der Waals surface area contributed by atoms with Gasteiger partial charge < -0.3 is 18.9 Å². The summed E-state index contributed by atoms with van der Waals surface area (Å²) < 4.78 is 34.4. The molecule has 2 atom stereocenters. The molecule has 0 saturated carbocycles. The molecule has 0 rings (SSSR count). The summed E-state index contributed by atoms with van der Waals surface area (Å²) in [5, 5.41) is 0. The highest BCUT2D eigenvalue weighted by molar-refractivity contribution is 7.47. The first-order chi connectivity index (χ1) is 35.0. The summed E-state index contributed by atoms with van der Waals surface area (Å²) in [5.41, 5.74) is 0. The highest BCUT2D eigenvalue weighted by Crippen LogP contribution is 2.43. The molecule has 0 aliphatic carbocycles. The molecule has 9 nitrogen and oxygen atoms in total. The number of phosphoric ester groups is 1. The number of carbonyl (C=O) groups is 2. The van der Waals surface area contributed by atoms with Crippen LogP contribution in [0.3, 0.4) is 0 Å². The molecular formula is C62H99NO8P+. The number of unbranched alkanes of at least 4 members (excludes halogenated alkanes) is 7. The van der Waals surface area contributed by atoms with Gasteiger partial charge in [-0.3, -0.25) is 18.6 Å². The molecule has 0 aromatic rings. The van der Waals surface area contributed by atoms with E-state index >= 15 is 0 Å². The Morgan fingerprint density at radius 2 is 0.778 bits per heavy atom. The Hall–Kier alpha value is -4.37. The summed E-state index contributed by atoms with van der Waals surface area (Å²) in [6, 6.07) is 0. The monoisotopic (exact) mass is 1020 g/mol. The average molecular weight is 1020 g/mol. The first-order valence-corrected chi connectivity index (χ1v) is 28.7. The van der Waals surface area contributed by atoms with Crippen LogP contribution in [0.5, 0.6) is 0 Å². The fourth-order valence-corrected chi connectivity index (χ4v) is 7.17. The average Bonchev–Trinajstić information content (AvgIpc) is 3.34. The maximum Gasteiger partial charge on any atom is 0.472 e. The van der Waals surface area contributed by atoms with E-state index in [0.717, 1.165) is 116 Å². The number of rotatable bonds is 47. The molecule has 0 aliphatic rings. The number of allylic oxidation sites excluding steroid dienone is 26. The van der Waals surface area contributed by atoms with Gasteiger partial charge in [-0.25, -0.2) is 4.57 Å². The number of esters is 2. The van der Waals surface area contributed by atoms with E-state index in [0.29, 0.717) is 23.9 Å². The van der Waals surface area contributed by atoms with Crippen LogP contribution >= 0.6 is 7.82 Å². The zero-order chi connectivity index (χ0) is 52.7. The summed E-state index contributed by atoms with van der Waals surface area (Å²) in [7, 11) is 1.40. The smallest absolute Gasteiger partial charge is 0.462 e. The van der Waals surface area contributed by atoms with Gasteiger partial charge in [-0.1, -0.05) is 204 Å². The third kappa shape index (κ3) is 55.0. The van der Waals surface area contributed by atoms with Crippen molar-refractivity contribution in [3.05, 3.63) is 158 Å². The van der Waals surface area contributed by atoms with Gasteiger partial charge in [-0.05, 0) is 109 Å². The summed E-state index contributed by atoms with van der Waals surface area (Å²) in [5.74, 6) is -0.925. The molecule has 0 spiro atoms. The third-order valence-corrected chi connectivity index (χ3v) is 11.6. The predicted molar refractivity (Wildman–Crippen MR) is 306 cm³/mol. The zero-order valence-electron chi connectivity index (χ0n) is 45.6. The molecule has 0 heterocycles. The van der Waals surface area contributed by atoms with Crippen LogP contribution in [0.1, 0.15) is 168 Å². The molecule has 2 unspecified atom stereocenters. The fourth-order valence-electron chi connectivity index (χ4n) is 6.43. The molecule has 10 heteroatoms. The molecular weight excluding hydrogens is 918 g/mol. The zero-order valence-corrected chi connectivity index (χ0v) is 46.5. The van der Waals surface area contributed by atoms with Crippen LogP contribution in [-0.2, 0) is 32.7 Å². The third-order valence-electron chi connectivity index (χ3n) is 10.6. The van der Waals surface area contributed by atoms with Crippen molar-refractivity contribution in [3.8, 4) is 0 Å². The van der Waals surface area contributed by atoms with Crippen molar-refractivity contribution in [2.45, 2.75) is 174 Å². The van der Waals surface area contributed by atoms with Gasteiger partial charge in [0.15, 0.2) is 6.10 Å². The number of likely N-dealkylation sites (N-methyl/N-ethyl adjacent to an activating group) is 1. The Balaban J connectivity index is 4.37. The minimum atomic E-state index is -4.42. The van der Waals surface area contributed by atoms with Gasteiger partial charge in [0, 0.05) is 12.8 Å². The van der Waals surface area contributed by atoms with Crippen LogP contribution in [0.2, 0.25) is 0 Å². The summed E-state index contributed by atoms with van der Waals surface area (Å²) in [6.07, 6.45) is 77.5. The Morgan fingerprint density at radius 1 is 0.431 bits per heavy atom. The number of hydrogen-bond donors (Lipinski definition) is 1. The van der Waals surface area contributed by atoms with Crippen molar-refractivity contribution < 1.29 is 42.1 Å². The number of hydrogen-bond acceptors (Lipinski definition) is 7. The molecule has 0 radical (unpaired) electrons. The fraction of sp³-hybridized carbons (Fsp3) is 0.548. The first kappa shape index (κ1) is 67.6. The Morgan fingerprint density at radius 3 is 1.17 bits per heavy atom. The van der Waals surface area contributed by atoms with Gasteiger partial charge in [0.25, 0.3) is 0 Å². The summed E-state index contributed by atoms with van der Waals surface area (Å²) >= 11 is 0. The van der Waals surface area contributed by atoms with Crippen molar-refractivity contribution in [1.82, 2.24) is 0 Å². The lowest BCUT2D eigenvalue weighted by Gasteiger charge is -2.24. The Kier molecular flexibility index (Phi) is 48.4. The van der Waals surface area contributed by atoms with Crippen molar-refractivity contribution in [1.29, 1.82) is 0 Å². The largest absolute Gasteiger partial charge is 0.472 e. The predicted octanol–water partition coefficient (Wildman–Crippen LogP) is 16.9. The van der Waals surface area contributed by atoms with Crippen molar-refractivity contribution in [2.75, 3.05) is 47.5 Å². The van der Waals surface area contributed by atoms with Crippen LogP contribution in [-0.4, -0.2) is 74.9 Å². The number of carbonyl (C=O) groups excluding carboxylic acids is 2. The normalized spacial score (nSPS) is 14.6. The molecule has 0 saturated heterocycles. The number of ether oxygens (including phenoxy) is 2. The first-order valence-electron chi connectivity index (χ1n) is 27.2. The van der Waals surface area contributed by atoms with E-state index in [1.165, 1.54) is 12.8 Å². The van der Waals surface area contributed by atoms with E-state index in [-0.39, 0.29) is 26.1 Å². The molecule has 1 N–H and O–H groups in total. The second-order valence-electron chi connectivity index (χ2n) is 18.5. The second-order valence-corrected chi connectivity index (χ2v) is 19.9. The van der Waals surface area contributed by atoms with Crippen LogP contribution in [0, 0.1) is 0 Å². The molecule has 404 valence electrons. The molecule has 0 fully saturated rings. The maximum absolute atomic E-state index is 12.8. The lowest BCUT2D eigenvalue weighted by molar-refractivity contribution is -0.870. The minimum Gasteiger partial charge on any atom is -0.462 e. The van der Waals surface area contributed by atoms with E-state index in [1.54, 1.807) is 0 Å². The molecule has 72 heavy (non-hydrogen) atoms. The molecule has 0 aromatic heterocycles. The van der Waals surface area contributed by atoms with Gasteiger partial charge in [0.1, 0.15) is 19.8 Å². The van der Waals surface area contributed by atoms with Crippen LogP contribution in [0.4, 0.5) is 0 Å². The van der Waals surface area contributed by atoms with Crippen LogP contribution in [0.15, 0.2) is 158 Å². The second kappa shape index (κ2) is 51.5. The lowest BCUT2D eigenvalue weighted by Crippen LogP contribution is -2.37. The SMILES string of the molecule is CC/C=C\C/C=C\C/C=C\C/C=C\C/C=C\C/C=C\C/C=C\CCCCCCCCCC(=O)OC(COC(=O)CC/C=C\C/C=C\C/C=C\C/C=C\C/C=C\C/C=C\CC)COP(=O)(O)OCC[N+](C)(C)C. The van der Waals surface area contributed by atoms with Gasteiger partial charge in [0.05, 0.1) is 27.7 Å². The van der Waals surface area contributed by atoms with Gasteiger partial charge in [0.2, 0.25) is 0 Å². The van der Waals surface area contributed by atoms with Crippen LogP contribution < -0.4 is 0 Å². The summed E-state index contributed by atoms with van der Waals surface area (Å²) in [6.45, 7) is 4.07. The summed E-state index contributed by atoms with van der Waals surface area (Å²) in [4.78, 5) is 35.6. The van der Waals surface area contributed by atoms with E-state index in [9.17, 15) is 19.0 Å². The topological polar surface area (TPSA) is 108 Å². The maximum atomic E-state index is 12.8. The van der Waals surface area contributed by atoms with Crippen molar-refractivity contribution in [3.63, 3.8) is 0 Å². The van der Waals surface area contributed by atoms with Crippen LogP contribution in [0.25, 0.3) is 0 Å². The minimum absolute atomic E-state index is 0.00803. The number of quaternary nitrogens is 1. The molecule has 0 amide bonds. The standard InChI is InChI=1S/C62H98NO8P/c1-6-8-10-12-14-16-18-20-22-24-26-27-28-29-30-31-32-33-34-35-37-39-41-43-45-47-49-51-53-55-62(65)71-60(59-70-72(66,67)69-57-56-63(3,4)5)58-68-61(64)54-52-50-48-46-44-42-40-38-36-25-23-21-19-17-15-13-11-9-7-2/h8-11,14-17,20-23,26-27,29-30,32-33,35-38,42,44,48,50,60H,6-7,12-13,18-19,24-25,28,31,34,39-41,43,45-47,49,51-59H2,1-5H3/p+1/b10-8-,11-9-,16-14-,17-15-,22-20-,23-21-,27-26-,30-29-,33-32-,37-35-,38-36-,44-42-,50-48-. The quantitative estimate of drug-likeness (QED) is 0.0211. The highest BCUT2D eigenvalue weighted by atomic mass is 31.2. The van der Waals surface area contributed by atoms with Gasteiger partial charge in [-0.2, -0.15) is 0 Å². The number of phosphoric acid groups is 1. The lowest BCUT2D eigenvalue weighted by atomic mass is 10.1. The molecule has 0 bridgehead atoms. The van der Waals surface area contributed by atoms with Gasteiger partial charge >= 0.3 is 19.8 Å². The van der Waals surface area contributed by atoms with E-state index in [2.05, 4.69) is 160 Å². The van der Waals surface area contributed by atoms with E-state index in [4.69, 9.17) is 18.5 Å². The molecule has 0 aromatic carbocycles. The Bertz CT molecular complexity index is 1770. The van der Waals surface area contributed by atoms with E-state index in [1.807, 2.05) is 33.3 Å². The van der Waals surface area contributed by atoms with Crippen molar-refractivity contribution in [2.24, 2.45) is 0 Å².